The van der Waals surface area contributed by atoms with E-state index in [1.54, 1.807) is 6.20 Å². The number of aromatic nitrogens is 1. The number of nitrogens with zero attached hydrogens (tertiary/aromatic N) is 2. The number of aryl methyl sites for hydroxylation is 1. The van der Waals surface area contributed by atoms with E-state index in [1.807, 2.05) is 24.4 Å². The lowest BCUT2D eigenvalue weighted by atomic mass is 10.1. The largest absolute Gasteiger partial charge is 0.283 e. The molecule has 17 heavy (non-hydrogen) atoms. The van der Waals surface area contributed by atoms with Crippen LogP contribution in [-0.2, 0) is 6.42 Å². The molecule has 1 aliphatic rings. The molecular formula is C15H14N2. The van der Waals surface area contributed by atoms with Gasteiger partial charge in [-0.2, -0.15) is 0 Å². The van der Waals surface area contributed by atoms with Crippen molar-refractivity contribution in [1.29, 1.82) is 0 Å². The SMILES string of the molecule is C(=N\C1CCc2ccccc21)/c1ccccn1. The summed E-state index contributed by atoms with van der Waals surface area (Å²) < 4.78 is 0. The lowest BCUT2D eigenvalue weighted by molar-refractivity contribution is 0.719. The quantitative estimate of drug-likeness (QED) is 0.716. The van der Waals surface area contributed by atoms with Gasteiger partial charge in [0, 0.05) is 12.4 Å². The zero-order valence-corrected chi connectivity index (χ0v) is 9.58. The Bertz CT molecular complexity index is 532. The molecule has 0 N–H and O–H groups in total. The molecule has 0 amide bonds. The summed E-state index contributed by atoms with van der Waals surface area (Å²) in [5.41, 5.74) is 3.74. The lowest BCUT2D eigenvalue weighted by Crippen LogP contribution is -1.92. The molecule has 0 saturated carbocycles. The maximum Gasteiger partial charge on any atom is 0.0808 e. The molecule has 0 aliphatic heterocycles. The van der Waals surface area contributed by atoms with Crippen molar-refractivity contribution in [2.45, 2.75) is 18.9 Å². The fourth-order valence-electron chi connectivity index (χ4n) is 2.31. The van der Waals surface area contributed by atoms with E-state index >= 15 is 0 Å². The third-order valence-electron chi connectivity index (χ3n) is 3.18. The van der Waals surface area contributed by atoms with E-state index in [0.29, 0.717) is 6.04 Å². The Morgan fingerprint density at radius 3 is 2.88 bits per heavy atom. The summed E-state index contributed by atoms with van der Waals surface area (Å²) in [4.78, 5) is 8.89. The van der Waals surface area contributed by atoms with Crippen molar-refractivity contribution < 1.29 is 0 Å². The minimum Gasteiger partial charge on any atom is -0.283 e. The summed E-state index contributed by atoms with van der Waals surface area (Å²) >= 11 is 0. The summed E-state index contributed by atoms with van der Waals surface area (Å²) in [6, 6.07) is 14.8. The summed E-state index contributed by atoms with van der Waals surface area (Å²) in [6.07, 6.45) is 5.93. The van der Waals surface area contributed by atoms with Crippen LogP contribution in [0, 0.1) is 0 Å². The van der Waals surface area contributed by atoms with Crippen molar-refractivity contribution in [3.05, 3.63) is 65.5 Å². The van der Waals surface area contributed by atoms with E-state index in [1.165, 1.54) is 11.1 Å². The van der Waals surface area contributed by atoms with Crippen LogP contribution in [0.1, 0.15) is 29.3 Å². The van der Waals surface area contributed by atoms with Gasteiger partial charge in [0.2, 0.25) is 0 Å². The maximum atomic E-state index is 4.65. The van der Waals surface area contributed by atoms with Crippen LogP contribution in [0.15, 0.2) is 53.7 Å². The molecule has 0 bridgehead atoms. The summed E-state index contributed by atoms with van der Waals surface area (Å²) in [5, 5.41) is 0. The van der Waals surface area contributed by atoms with Crippen LogP contribution >= 0.6 is 0 Å². The number of rotatable bonds is 2. The first-order valence-electron chi connectivity index (χ1n) is 5.95. The second-order valence-electron chi connectivity index (χ2n) is 4.29. The van der Waals surface area contributed by atoms with Gasteiger partial charge in [-0.15, -0.1) is 0 Å². The molecular weight excluding hydrogens is 208 g/mol. The number of fused-ring (bicyclic) bond motifs is 1. The van der Waals surface area contributed by atoms with E-state index in [4.69, 9.17) is 0 Å². The van der Waals surface area contributed by atoms with Crippen molar-refractivity contribution >= 4 is 6.21 Å². The highest BCUT2D eigenvalue weighted by molar-refractivity contribution is 5.77. The van der Waals surface area contributed by atoms with E-state index in [-0.39, 0.29) is 0 Å². The van der Waals surface area contributed by atoms with Gasteiger partial charge in [-0.25, -0.2) is 0 Å². The standard InChI is InChI=1S/C15H14N2/c1-2-7-14-12(5-1)8-9-15(14)17-11-13-6-3-4-10-16-13/h1-7,10-11,15H,8-9H2/b17-11+. The molecule has 2 nitrogen and oxygen atoms in total. The number of pyridine rings is 1. The number of benzene rings is 1. The highest BCUT2D eigenvalue weighted by Crippen LogP contribution is 2.33. The fourth-order valence-corrected chi connectivity index (χ4v) is 2.31. The second kappa shape index (κ2) is 4.50. The lowest BCUT2D eigenvalue weighted by Gasteiger charge is -2.04. The van der Waals surface area contributed by atoms with Crippen molar-refractivity contribution in [2.24, 2.45) is 4.99 Å². The molecule has 1 aromatic heterocycles. The maximum absolute atomic E-state index is 4.65. The number of aliphatic imine (C=N–C) groups is 1. The normalized spacial score (nSPS) is 18.5. The van der Waals surface area contributed by atoms with Crippen LogP contribution in [0.2, 0.25) is 0 Å². The van der Waals surface area contributed by atoms with Crippen LogP contribution < -0.4 is 0 Å². The Hall–Kier alpha value is -1.96. The summed E-state index contributed by atoms with van der Waals surface area (Å²) in [6.45, 7) is 0. The van der Waals surface area contributed by atoms with Crippen LogP contribution in [0.4, 0.5) is 0 Å². The zero-order chi connectivity index (χ0) is 11.5. The molecule has 0 spiro atoms. The minimum absolute atomic E-state index is 0.313. The predicted octanol–water partition coefficient (Wildman–Crippen LogP) is 3.19. The van der Waals surface area contributed by atoms with Gasteiger partial charge in [0.15, 0.2) is 0 Å². The third-order valence-corrected chi connectivity index (χ3v) is 3.18. The van der Waals surface area contributed by atoms with E-state index in [2.05, 4.69) is 34.2 Å². The van der Waals surface area contributed by atoms with Crippen LogP contribution in [0.25, 0.3) is 0 Å². The highest BCUT2D eigenvalue weighted by atomic mass is 14.8. The Morgan fingerprint density at radius 2 is 2.00 bits per heavy atom. The summed E-state index contributed by atoms with van der Waals surface area (Å²) in [7, 11) is 0. The molecule has 1 aliphatic carbocycles. The highest BCUT2D eigenvalue weighted by Gasteiger charge is 2.20. The van der Waals surface area contributed by atoms with Crippen molar-refractivity contribution in [2.75, 3.05) is 0 Å². The average Bonchev–Trinajstić information content (AvgIpc) is 2.81. The average molecular weight is 222 g/mol. The van der Waals surface area contributed by atoms with Crippen molar-refractivity contribution in [3.8, 4) is 0 Å². The van der Waals surface area contributed by atoms with Crippen LogP contribution in [-0.4, -0.2) is 11.2 Å². The van der Waals surface area contributed by atoms with Gasteiger partial charge >= 0.3 is 0 Å². The van der Waals surface area contributed by atoms with E-state index in [9.17, 15) is 0 Å². The second-order valence-corrected chi connectivity index (χ2v) is 4.29. The van der Waals surface area contributed by atoms with Crippen LogP contribution in [0.3, 0.4) is 0 Å². The van der Waals surface area contributed by atoms with Crippen molar-refractivity contribution in [3.63, 3.8) is 0 Å². The third kappa shape index (κ3) is 2.11. The first-order chi connectivity index (χ1) is 8.43. The molecule has 1 atom stereocenters. The Balaban J connectivity index is 1.82. The fraction of sp³-hybridized carbons (Fsp3) is 0.200. The first-order valence-corrected chi connectivity index (χ1v) is 5.95. The molecule has 0 radical (unpaired) electrons. The molecule has 84 valence electrons. The van der Waals surface area contributed by atoms with E-state index < -0.39 is 0 Å². The molecule has 1 heterocycles. The summed E-state index contributed by atoms with van der Waals surface area (Å²) in [5.74, 6) is 0. The van der Waals surface area contributed by atoms with Gasteiger partial charge in [-0.1, -0.05) is 30.3 Å². The van der Waals surface area contributed by atoms with Crippen LogP contribution in [0.5, 0.6) is 0 Å². The minimum atomic E-state index is 0.313. The van der Waals surface area contributed by atoms with Crippen molar-refractivity contribution in [1.82, 2.24) is 4.98 Å². The van der Waals surface area contributed by atoms with Gasteiger partial charge in [0.1, 0.15) is 0 Å². The molecule has 0 fully saturated rings. The first kappa shape index (κ1) is 10.2. The Kier molecular flexibility index (Phi) is 2.70. The molecule has 2 aromatic rings. The van der Waals surface area contributed by atoms with Gasteiger partial charge in [-0.3, -0.25) is 9.98 Å². The van der Waals surface area contributed by atoms with Gasteiger partial charge < -0.3 is 0 Å². The van der Waals surface area contributed by atoms with E-state index in [0.717, 1.165) is 18.5 Å². The number of hydrogen-bond acceptors (Lipinski definition) is 2. The topological polar surface area (TPSA) is 25.2 Å². The Labute approximate surface area is 101 Å². The molecule has 0 saturated heterocycles. The monoisotopic (exact) mass is 222 g/mol. The Morgan fingerprint density at radius 1 is 1.12 bits per heavy atom. The molecule has 2 heteroatoms. The molecule has 1 aromatic carbocycles. The number of hydrogen-bond donors (Lipinski definition) is 0. The predicted molar refractivity (Wildman–Crippen MR) is 69.3 cm³/mol. The smallest absolute Gasteiger partial charge is 0.0808 e. The van der Waals surface area contributed by atoms with Gasteiger partial charge in [0.05, 0.1) is 11.7 Å². The molecule has 3 rings (SSSR count). The molecule has 1 unspecified atom stereocenters. The van der Waals surface area contributed by atoms with Gasteiger partial charge in [-0.05, 0) is 36.1 Å². The zero-order valence-electron chi connectivity index (χ0n) is 9.58. The van der Waals surface area contributed by atoms with Gasteiger partial charge in [0.25, 0.3) is 0 Å².